The lowest BCUT2D eigenvalue weighted by atomic mass is 10.2. The molecule has 0 aliphatic heterocycles. The molecule has 10 heteroatoms. The number of hydrogen-bond acceptors (Lipinski definition) is 7. The number of aromatic nitrogens is 2. The molecule has 0 unspecified atom stereocenters. The number of thioether (sulfide) groups is 1. The predicted molar refractivity (Wildman–Crippen MR) is 103 cm³/mol. The van der Waals surface area contributed by atoms with Gasteiger partial charge in [-0.1, -0.05) is 23.9 Å². The van der Waals surface area contributed by atoms with Crippen LogP contribution in [0.5, 0.6) is 5.75 Å². The van der Waals surface area contributed by atoms with Crippen molar-refractivity contribution in [2.75, 3.05) is 12.8 Å². The number of hydrogen-bond donors (Lipinski definition) is 0. The highest BCUT2D eigenvalue weighted by molar-refractivity contribution is 7.99. The monoisotopic (exact) mass is 425 g/mol. The Bertz CT molecular complexity index is 928. The molecule has 0 fully saturated rings. The fourth-order valence-corrected chi connectivity index (χ4v) is 3.87. The van der Waals surface area contributed by atoms with Crippen LogP contribution in [0.3, 0.4) is 0 Å². The van der Waals surface area contributed by atoms with Crippen LogP contribution in [-0.2, 0) is 11.3 Å². The van der Waals surface area contributed by atoms with Gasteiger partial charge in [-0.15, -0.1) is 21.5 Å². The summed E-state index contributed by atoms with van der Waals surface area (Å²) in [5.41, 5.74) is 1.86. The number of halogens is 2. The van der Waals surface area contributed by atoms with Crippen molar-refractivity contribution in [3.05, 3.63) is 46.8 Å². The SMILES string of the molecule is Cc1ccsc1-c1nnc(SCC(=O)N(C)Cc2ccc(OC(F)F)cc2)o1. The van der Waals surface area contributed by atoms with Crippen LogP contribution in [0.4, 0.5) is 8.78 Å². The van der Waals surface area contributed by atoms with Crippen LogP contribution >= 0.6 is 23.1 Å². The average molecular weight is 425 g/mol. The van der Waals surface area contributed by atoms with Gasteiger partial charge in [0.25, 0.3) is 11.1 Å². The molecule has 2 aromatic heterocycles. The third-order valence-electron chi connectivity index (χ3n) is 3.78. The van der Waals surface area contributed by atoms with E-state index in [1.165, 1.54) is 40.1 Å². The maximum absolute atomic E-state index is 12.3. The second-order valence-corrected chi connectivity index (χ2v) is 7.71. The van der Waals surface area contributed by atoms with Crippen LogP contribution in [0, 0.1) is 6.92 Å². The fourth-order valence-electron chi connectivity index (χ4n) is 2.32. The zero-order valence-corrected chi connectivity index (χ0v) is 16.7. The summed E-state index contributed by atoms with van der Waals surface area (Å²) >= 11 is 2.69. The molecular weight excluding hydrogens is 408 g/mol. The third-order valence-corrected chi connectivity index (χ3v) is 5.58. The van der Waals surface area contributed by atoms with Gasteiger partial charge in [-0.2, -0.15) is 8.78 Å². The molecule has 3 aromatic rings. The summed E-state index contributed by atoms with van der Waals surface area (Å²) in [6.07, 6.45) is 0. The number of carbonyl (C=O) groups is 1. The number of carbonyl (C=O) groups excluding carboxylic acids is 1. The third kappa shape index (κ3) is 5.29. The van der Waals surface area contributed by atoms with Crippen molar-refractivity contribution in [1.82, 2.24) is 15.1 Å². The van der Waals surface area contributed by atoms with Gasteiger partial charge in [0.1, 0.15) is 5.75 Å². The zero-order chi connectivity index (χ0) is 20.1. The smallest absolute Gasteiger partial charge is 0.387 e. The summed E-state index contributed by atoms with van der Waals surface area (Å²) in [6, 6.07) is 8.15. The Morgan fingerprint density at radius 1 is 1.29 bits per heavy atom. The van der Waals surface area contributed by atoms with E-state index in [0.717, 1.165) is 16.0 Å². The lowest BCUT2D eigenvalue weighted by Crippen LogP contribution is -2.27. The van der Waals surface area contributed by atoms with E-state index in [9.17, 15) is 13.6 Å². The molecule has 6 nitrogen and oxygen atoms in total. The van der Waals surface area contributed by atoms with Crippen molar-refractivity contribution < 1.29 is 22.7 Å². The van der Waals surface area contributed by atoms with Gasteiger partial charge in [0, 0.05) is 13.6 Å². The average Bonchev–Trinajstić information content (AvgIpc) is 3.29. The number of rotatable bonds is 8. The number of aryl methyl sites for hydroxylation is 1. The van der Waals surface area contributed by atoms with Gasteiger partial charge in [0.05, 0.1) is 10.6 Å². The second kappa shape index (κ2) is 9.16. The first-order valence-corrected chi connectivity index (χ1v) is 10.1. The van der Waals surface area contributed by atoms with E-state index in [1.54, 1.807) is 19.2 Å². The van der Waals surface area contributed by atoms with E-state index in [0.29, 0.717) is 17.7 Å². The first-order chi connectivity index (χ1) is 13.4. The predicted octanol–water partition coefficient (Wildman–Crippen LogP) is 4.46. The Hall–Kier alpha value is -2.46. The lowest BCUT2D eigenvalue weighted by Gasteiger charge is -2.17. The van der Waals surface area contributed by atoms with Gasteiger partial charge < -0.3 is 14.1 Å². The first kappa shape index (κ1) is 20.3. The van der Waals surface area contributed by atoms with Gasteiger partial charge in [-0.3, -0.25) is 4.79 Å². The summed E-state index contributed by atoms with van der Waals surface area (Å²) in [4.78, 5) is 14.8. The molecule has 3 rings (SSSR count). The Morgan fingerprint density at radius 3 is 2.68 bits per heavy atom. The van der Waals surface area contributed by atoms with Crippen LogP contribution in [0.2, 0.25) is 0 Å². The van der Waals surface area contributed by atoms with Gasteiger partial charge in [0.15, 0.2) is 0 Å². The maximum atomic E-state index is 12.3. The van der Waals surface area contributed by atoms with Gasteiger partial charge in [-0.05, 0) is 41.6 Å². The minimum absolute atomic E-state index is 0.0801. The standard InChI is InChI=1S/C18H17F2N3O3S2/c1-11-7-8-27-15(11)16-21-22-18(26-16)28-10-14(24)23(2)9-12-3-5-13(6-4-12)25-17(19)20/h3-8,17H,9-10H2,1-2H3. The highest BCUT2D eigenvalue weighted by Crippen LogP contribution is 2.30. The molecular formula is C18H17F2N3O3S2. The highest BCUT2D eigenvalue weighted by atomic mass is 32.2. The molecule has 0 aliphatic carbocycles. The van der Waals surface area contributed by atoms with Crippen LogP contribution < -0.4 is 4.74 Å². The summed E-state index contributed by atoms with van der Waals surface area (Å²) in [5, 5.41) is 10.3. The molecule has 148 valence electrons. The number of benzene rings is 1. The van der Waals surface area contributed by atoms with Crippen LogP contribution in [0.1, 0.15) is 11.1 Å². The molecule has 1 amide bonds. The minimum atomic E-state index is -2.86. The van der Waals surface area contributed by atoms with Crippen molar-refractivity contribution in [1.29, 1.82) is 0 Å². The Kier molecular flexibility index (Phi) is 6.63. The number of ether oxygens (including phenoxy) is 1. The van der Waals surface area contributed by atoms with E-state index in [1.807, 2.05) is 18.4 Å². The largest absolute Gasteiger partial charge is 0.435 e. The van der Waals surface area contributed by atoms with Gasteiger partial charge >= 0.3 is 6.61 Å². The molecule has 28 heavy (non-hydrogen) atoms. The number of nitrogens with zero attached hydrogens (tertiary/aromatic N) is 3. The topological polar surface area (TPSA) is 68.5 Å². The van der Waals surface area contributed by atoms with E-state index in [-0.39, 0.29) is 17.4 Å². The van der Waals surface area contributed by atoms with Crippen LogP contribution in [0.15, 0.2) is 45.4 Å². The summed E-state index contributed by atoms with van der Waals surface area (Å²) in [5.74, 6) is 0.553. The van der Waals surface area contributed by atoms with Crippen molar-refractivity contribution in [3.63, 3.8) is 0 Å². The van der Waals surface area contributed by atoms with E-state index in [2.05, 4.69) is 14.9 Å². The van der Waals surface area contributed by atoms with E-state index < -0.39 is 6.61 Å². The molecule has 2 heterocycles. The molecule has 0 radical (unpaired) electrons. The van der Waals surface area contributed by atoms with E-state index >= 15 is 0 Å². The summed E-state index contributed by atoms with van der Waals surface area (Å²) in [7, 11) is 1.67. The Balaban J connectivity index is 1.51. The van der Waals surface area contributed by atoms with Crippen LogP contribution in [0.25, 0.3) is 10.8 Å². The number of alkyl halides is 2. The van der Waals surface area contributed by atoms with Crippen molar-refractivity contribution in [2.24, 2.45) is 0 Å². The molecule has 0 atom stereocenters. The second-order valence-electron chi connectivity index (χ2n) is 5.87. The van der Waals surface area contributed by atoms with Crippen molar-refractivity contribution in [3.8, 4) is 16.5 Å². The van der Waals surface area contributed by atoms with Crippen molar-refractivity contribution in [2.45, 2.75) is 25.3 Å². The number of amides is 1. The minimum Gasteiger partial charge on any atom is -0.435 e. The van der Waals surface area contributed by atoms with Gasteiger partial charge in [-0.25, -0.2) is 0 Å². The van der Waals surface area contributed by atoms with Gasteiger partial charge in [0.2, 0.25) is 5.91 Å². The Morgan fingerprint density at radius 2 is 2.04 bits per heavy atom. The van der Waals surface area contributed by atoms with Crippen LogP contribution in [-0.4, -0.2) is 40.4 Å². The molecule has 0 bridgehead atoms. The molecule has 0 saturated carbocycles. The summed E-state index contributed by atoms with van der Waals surface area (Å²) in [6.45, 7) is -0.549. The first-order valence-electron chi connectivity index (χ1n) is 8.21. The maximum Gasteiger partial charge on any atom is 0.387 e. The number of thiophene rings is 1. The molecule has 1 aromatic carbocycles. The quantitative estimate of drug-likeness (QED) is 0.497. The normalized spacial score (nSPS) is 11.0. The van der Waals surface area contributed by atoms with E-state index in [4.69, 9.17) is 4.42 Å². The molecule has 0 aliphatic rings. The fraction of sp³-hybridized carbons (Fsp3) is 0.278. The highest BCUT2D eigenvalue weighted by Gasteiger charge is 2.16. The lowest BCUT2D eigenvalue weighted by molar-refractivity contribution is -0.127. The molecule has 0 spiro atoms. The Labute approximate surface area is 168 Å². The summed E-state index contributed by atoms with van der Waals surface area (Å²) < 4.78 is 34.3. The van der Waals surface area contributed by atoms with Crippen molar-refractivity contribution >= 4 is 29.0 Å². The molecule has 0 N–H and O–H groups in total. The molecule has 0 saturated heterocycles. The zero-order valence-electron chi connectivity index (χ0n) is 15.1.